The highest BCUT2D eigenvalue weighted by Crippen LogP contribution is 2.16. The van der Waals surface area contributed by atoms with Crippen molar-refractivity contribution in [2.24, 2.45) is 5.92 Å². The van der Waals surface area contributed by atoms with Gasteiger partial charge >= 0.3 is 6.03 Å². The molecule has 0 saturated carbocycles. The molecular weight excluding hydrogens is 344 g/mol. The molecule has 4 amide bonds. The number of carbonyl (C=O) groups excluding carboxylic acids is 3. The van der Waals surface area contributed by atoms with E-state index in [1.54, 1.807) is 0 Å². The van der Waals surface area contributed by atoms with E-state index in [1.165, 1.54) is 0 Å². The van der Waals surface area contributed by atoms with Crippen LogP contribution in [0, 0.1) is 17.8 Å². The van der Waals surface area contributed by atoms with Gasteiger partial charge in [0.1, 0.15) is 6.04 Å². The number of piperidine rings is 1. The summed E-state index contributed by atoms with van der Waals surface area (Å²) in [4.78, 5) is 36.6. The summed E-state index contributed by atoms with van der Waals surface area (Å²) in [5.41, 5.74) is 1.05. The predicted molar refractivity (Wildman–Crippen MR) is 101 cm³/mol. The predicted octanol–water partition coefficient (Wildman–Crippen LogP) is 0.464. The van der Waals surface area contributed by atoms with E-state index in [9.17, 15) is 14.4 Å². The zero-order chi connectivity index (χ0) is 19.1. The Bertz CT molecular complexity index is 745. The molecule has 1 unspecified atom stereocenters. The largest absolute Gasteiger partial charge is 0.355 e. The van der Waals surface area contributed by atoms with Gasteiger partial charge in [-0.2, -0.15) is 0 Å². The third-order valence-electron chi connectivity index (χ3n) is 4.78. The molecule has 142 valence electrons. The summed E-state index contributed by atoms with van der Waals surface area (Å²) in [5, 5.41) is 7.35. The Morgan fingerprint density at radius 2 is 1.93 bits per heavy atom. The van der Waals surface area contributed by atoms with Crippen molar-refractivity contribution in [1.29, 1.82) is 0 Å². The number of rotatable bonds is 5. The maximum Gasteiger partial charge on any atom is 0.322 e. The molecule has 0 aromatic heterocycles. The van der Waals surface area contributed by atoms with E-state index in [-0.39, 0.29) is 12.3 Å². The van der Waals surface area contributed by atoms with Crippen LogP contribution in [0.3, 0.4) is 0 Å². The molecule has 1 atom stereocenters. The highest BCUT2D eigenvalue weighted by molar-refractivity contribution is 6.05. The van der Waals surface area contributed by atoms with Gasteiger partial charge in [-0.15, -0.1) is 0 Å². The van der Waals surface area contributed by atoms with E-state index >= 15 is 0 Å². The first-order valence-corrected chi connectivity index (χ1v) is 9.27. The van der Waals surface area contributed by atoms with E-state index in [2.05, 4.69) is 32.7 Å². The lowest BCUT2D eigenvalue weighted by molar-refractivity contribution is -0.126. The maximum atomic E-state index is 11.9. The molecule has 2 fully saturated rings. The summed E-state index contributed by atoms with van der Waals surface area (Å²) in [6.45, 7) is 3.23. The number of benzene rings is 1. The Labute approximate surface area is 158 Å². The fourth-order valence-corrected chi connectivity index (χ4v) is 3.22. The van der Waals surface area contributed by atoms with E-state index in [0.29, 0.717) is 12.5 Å². The van der Waals surface area contributed by atoms with Crippen LogP contribution in [0.25, 0.3) is 0 Å². The van der Waals surface area contributed by atoms with Crippen molar-refractivity contribution in [1.82, 2.24) is 20.9 Å². The summed E-state index contributed by atoms with van der Waals surface area (Å²) >= 11 is 0. The normalized spacial score (nSPS) is 20.4. The van der Waals surface area contributed by atoms with Gasteiger partial charge in [0.2, 0.25) is 5.91 Å². The number of amides is 4. The quantitative estimate of drug-likeness (QED) is 0.520. The number of likely N-dealkylation sites (tertiary alicyclic amines) is 1. The van der Waals surface area contributed by atoms with Crippen molar-refractivity contribution in [3.05, 3.63) is 35.9 Å². The molecule has 0 bridgehead atoms. The first-order chi connectivity index (χ1) is 13.1. The van der Waals surface area contributed by atoms with Crippen molar-refractivity contribution in [2.75, 3.05) is 26.2 Å². The van der Waals surface area contributed by atoms with Gasteiger partial charge in [-0.25, -0.2) is 4.79 Å². The van der Waals surface area contributed by atoms with Crippen molar-refractivity contribution < 1.29 is 14.4 Å². The number of nitrogens with zero attached hydrogens (tertiary/aromatic N) is 1. The van der Waals surface area contributed by atoms with E-state index in [1.807, 2.05) is 30.3 Å². The standard InChI is InChI=1S/C20H24N4O3/c25-18(14-17-19(26)23-20(27)22-17)21-10-13-24-11-8-16(9-12-24)7-6-15-4-2-1-3-5-15/h1-5,16-17H,8-14H2,(H,21,25)(H2,22,23,26,27). The van der Waals surface area contributed by atoms with Crippen molar-refractivity contribution in [3.63, 3.8) is 0 Å². The minimum atomic E-state index is -0.767. The van der Waals surface area contributed by atoms with Gasteiger partial charge in [-0.3, -0.25) is 14.9 Å². The van der Waals surface area contributed by atoms with Gasteiger partial charge < -0.3 is 15.5 Å². The highest BCUT2D eigenvalue weighted by atomic mass is 16.2. The minimum Gasteiger partial charge on any atom is -0.355 e. The number of hydrogen-bond donors (Lipinski definition) is 3. The molecular formula is C20H24N4O3. The molecule has 0 spiro atoms. The minimum absolute atomic E-state index is 0.0330. The molecule has 2 heterocycles. The highest BCUT2D eigenvalue weighted by Gasteiger charge is 2.31. The Morgan fingerprint density at radius 3 is 2.59 bits per heavy atom. The van der Waals surface area contributed by atoms with Gasteiger partial charge in [-0.05, 0) is 38.1 Å². The van der Waals surface area contributed by atoms with Gasteiger partial charge in [0.25, 0.3) is 5.91 Å². The molecule has 1 aromatic carbocycles. The van der Waals surface area contributed by atoms with E-state index < -0.39 is 18.0 Å². The van der Waals surface area contributed by atoms with Crippen LogP contribution in [-0.2, 0) is 9.59 Å². The molecule has 1 aromatic rings. The Morgan fingerprint density at radius 1 is 1.19 bits per heavy atom. The van der Waals surface area contributed by atoms with Crippen LogP contribution in [0.4, 0.5) is 4.79 Å². The summed E-state index contributed by atoms with van der Waals surface area (Å²) in [7, 11) is 0. The average Bonchev–Trinajstić information content (AvgIpc) is 2.99. The molecule has 7 nitrogen and oxygen atoms in total. The van der Waals surface area contributed by atoms with Crippen LogP contribution >= 0.6 is 0 Å². The number of nitrogens with one attached hydrogen (secondary N) is 3. The molecule has 2 saturated heterocycles. The van der Waals surface area contributed by atoms with Gasteiger partial charge in [0.05, 0.1) is 6.42 Å². The second-order valence-electron chi connectivity index (χ2n) is 6.82. The molecule has 3 rings (SSSR count). The molecule has 3 N–H and O–H groups in total. The summed E-state index contributed by atoms with van der Waals surface area (Å²) in [6, 6.07) is 8.70. The zero-order valence-electron chi connectivity index (χ0n) is 15.2. The molecule has 0 aliphatic carbocycles. The lowest BCUT2D eigenvalue weighted by Gasteiger charge is -2.29. The van der Waals surface area contributed by atoms with Crippen molar-refractivity contribution in [3.8, 4) is 11.8 Å². The fourth-order valence-electron chi connectivity index (χ4n) is 3.22. The second-order valence-corrected chi connectivity index (χ2v) is 6.82. The monoisotopic (exact) mass is 368 g/mol. The van der Waals surface area contributed by atoms with Crippen LogP contribution in [-0.4, -0.2) is 55.0 Å². The Balaban J connectivity index is 1.32. The molecule has 2 aliphatic heterocycles. The van der Waals surface area contributed by atoms with Crippen LogP contribution < -0.4 is 16.0 Å². The van der Waals surface area contributed by atoms with Crippen molar-refractivity contribution in [2.45, 2.75) is 25.3 Å². The summed E-state index contributed by atoms with van der Waals surface area (Å²) < 4.78 is 0. The van der Waals surface area contributed by atoms with Gasteiger partial charge in [-0.1, -0.05) is 30.0 Å². The van der Waals surface area contributed by atoms with Gasteiger partial charge in [0, 0.05) is 24.6 Å². The van der Waals surface area contributed by atoms with Crippen LogP contribution in [0.1, 0.15) is 24.8 Å². The smallest absolute Gasteiger partial charge is 0.322 e. The van der Waals surface area contributed by atoms with E-state index in [4.69, 9.17) is 0 Å². The van der Waals surface area contributed by atoms with E-state index in [0.717, 1.165) is 38.0 Å². The summed E-state index contributed by atoms with van der Waals surface area (Å²) in [5.74, 6) is 6.33. The molecule has 27 heavy (non-hydrogen) atoms. The third-order valence-corrected chi connectivity index (χ3v) is 4.78. The Hall–Kier alpha value is -2.85. The second kappa shape index (κ2) is 9.19. The molecule has 7 heteroatoms. The molecule has 2 aliphatic rings. The number of imide groups is 1. The third kappa shape index (κ3) is 5.83. The van der Waals surface area contributed by atoms with Gasteiger partial charge in [0.15, 0.2) is 0 Å². The fraction of sp³-hybridized carbons (Fsp3) is 0.450. The van der Waals surface area contributed by atoms with Crippen LogP contribution in [0.5, 0.6) is 0 Å². The number of carbonyl (C=O) groups is 3. The summed E-state index contributed by atoms with van der Waals surface area (Å²) in [6.07, 6.45) is 2.03. The number of hydrogen-bond acceptors (Lipinski definition) is 4. The average molecular weight is 368 g/mol. The topological polar surface area (TPSA) is 90.5 Å². The Kier molecular flexibility index (Phi) is 6.44. The first kappa shape index (κ1) is 18.9. The van der Waals surface area contributed by atoms with Crippen molar-refractivity contribution >= 4 is 17.8 Å². The lowest BCUT2D eigenvalue weighted by Crippen LogP contribution is -2.41. The zero-order valence-corrected chi connectivity index (χ0v) is 15.2. The van der Waals surface area contributed by atoms with Crippen LogP contribution in [0.2, 0.25) is 0 Å². The maximum absolute atomic E-state index is 11.9. The first-order valence-electron chi connectivity index (χ1n) is 9.27. The molecule has 0 radical (unpaired) electrons. The lowest BCUT2D eigenvalue weighted by atomic mass is 9.97. The SMILES string of the molecule is O=C(CC1NC(=O)NC1=O)NCCN1CCC(C#Cc2ccccc2)CC1. The number of urea groups is 1. The van der Waals surface area contributed by atoms with Crippen LogP contribution in [0.15, 0.2) is 30.3 Å².